The molecule has 0 spiro atoms. The van der Waals surface area contributed by atoms with Gasteiger partial charge in [0.2, 0.25) is 5.91 Å². The van der Waals surface area contributed by atoms with E-state index in [-0.39, 0.29) is 18.0 Å². The summed E-state index contributed by atoms with van der Waals surface area (Å²) in [4.78, 5) is 32.9. The Morgan fingerprint density at radius 3 is 2.64 bits per heavy atom. The number of para-hydroxylation sites is 2. The number of carbonyl (C=O) groups is 1. The average Bonchev–Trinajstić information content (AvgIpc) is 3.23. The van der Waals surface area contributed by atoms with Crippen LogP contribution >= 0.6 is 0 Å². The maximum atomic E-state index is 12.5. The van der Waals surface area contributed by atoms with E-state index >= 15 is 0 Å². The Bertz CT molecular complexity index is 1160. The molecule has 0 saturated carbocycles. The van der Waals surface area contributed by atoms with Crippen molar-refractivity contribution in [3.8, 4) is 0 Å². The molecular formula is C21H19N5O2. The van der Waals surface area contributed by atoms with Crippen LogP contribution in [0.3, 0.4) is 0 Å². The van der Waals surface area contributed by atoms with Crippen LogP contribution in [0.15, 0.2) is 78.2 Å². The Morgan fingerprint density at radius 1 is 1.04 bits per heavy atom. The molecule has 7 heteroatoms. The van der Waals surface area contributed by atoms with E-state index in [4.69, 9.17) is 0 Å². The fourth-order valence-electron chi connectivity index (χ4n) is 3.13. The summed E-state index contributed by atoms with van der Waals surface area (Å²) in [6, 6.07) is 15.2. The number of hydrogen-bond acceptors (Lipinski definition) is 4. The van der Waals surface area contributed by atoms with Crippen LogP contribution in [0.5, 0.6) is 0 Å². The van der Waals surface area contributed by atoms with Crippen molar-refractivity contribution in [2.24, 2.45) is 0 Å². The monoisotopic (exact) mass is 373 g/mol. The number of aromatic nitrogens is 4. The minimum Gasteiger partial charge on any atom is -0.350 e. The number of carbonyl (C=O) groups excluding carboxylic acids is 1. The number of fused-ring (bicyclic) bond motifs is 1. The topological polar surface area (TPSA) is 81.8 Å². The first kappa shape index (κ1) is 17.7. The summed E-state index contributed by atoms with van der Waals surface area (Å²) in [6.07, 6.45) is 6.64. The summed E-state index contributed by atoms with van der Waals surface area (Å²) in [6.45, 7) is 1.02. The zero-order valence-electron chi connectivity index (χ0n) is 15.2. The van der Waals surface area contributed by atoms with Crippen molar-refractivity contribution in [3.05, 3.63) is 94.9 Å². The molecule has 0 fully saturated rings. The Kier molecular flexibility index (Phi) is 4.97. The van der Waals surface area contributed by atoms with Crippen molar-refractivity contribution in [2.75, 3.05) is 0 Å². The van der Waals surface area contributed by atoms with Gasteiger partial charge in [-0.25, -0.2) is 9.97 Å². The first-order valence-corrected chi connectivity index (χ1v) is 8.94. The zero-order valence-corrected chi connectivity index (χ0v) is 15.2. The average molecular weight is 373 g/mol. The molecule has 28 heavy (non-hydrogen) atoms. The lowest BCUT2D eigenvalue weighted by molar-refractivity contribution is -0.121. The van der Waals surface area contributed by atoms with Gasteiger partial charge in [0.1, 0.15) is 6.54 Å². The molecule has 0 unspecified atom stereocenters. The molecule has 0 bridgehead atoms. The lowest BCUT2D eigenvalue weighted by Gasteiger charge is -2.13. The largest absolute Gasteiger partial charge is 0.350 e. The van der Waals surface area contributed by atoms with E-state index in [2.05, 4.69) is 15.3 Å². The predicted molar refractivity (Wildman–Crippen MR) is 106 cm³/mol. The van der Waals surface area contributed by atoms with Gasteiger partial charge in [0.05, 0.1) is 23.6 Å². The molecule has 140 valence electrons. The standard InChI is InChI=1S/C21H19N5O2/c27-20(14-26-19-8-4-3-7-18(19)23-12-21(26)28)24-11-16-5-1-2-6-17(16)13-25-10-9-22-15-25/h1-10,12,15H,11,13-14H2,(H,24,27). The van der Waals surface area contributed by atoms with E-state index in [0.29, 0.717) is 24.1 Å². The van der Waals surface area contributed by atoms with Crippen molar-refractivity contribution >= 4 is 16.9 Å². The maximum Gasteiger partial charge on any atom is 0.269 e. The molecule has 0 aliphatic heterocycles. The highest BCUT2D eigenvalue weighted by molar-refractivity contribution is 5.79. The molecular weight excluding hydrogens is 354 g/mol. The van der Waals surface area contributed by atoms with Gasteiger partial charge in [0, 0.05) is 25.5 Å². The normalized spacial score (nSPS) is 10.9. The summed E-state index contributed by atoms with van der Waals surface area (Å²) in [7, 11) is 0. The minimum absolute atomic E-state index is 0.0500. The molecule has 0 saturated heterocycles. The van der Waals surface area contributed by atoms with Crippen LogP contribution in [0.25, 0.3) is 11.0 Å². The number of hydrogen-bond donors (Lipinski definition) is 1. The second-order valence-electron chi connectivity index (χ2n) is 6.45. The first-order valence-electron chi connectivity index (χ1n) is 8.94. The molecule has 2 aromatic heterocycles. The molecule has 0 aliphatic rings. The smallest absolute Gasteiger partial charge is 0.269 e. The number of rotatable bonds is 6. The van der Waals surface area contributed by atoms with Crippen molar-refractivity contribution in [1.82, 2.24) is 24.4 Å². The van der Waals surface area contributed by atoms with E-state index in [1.165, 1.54) is 10.8 Å². The van der Waals surface area contributed by atoms with Crippen LogP contribution in [-0.2, 0) is 24.4 Å². The third-order valence-corrected chi connectivity index (χ3v) is 4.56. The van der Waals surface area contributed by atoms with Crippen LogP contribution < -0.4 is 10.9 Å². The predicted octanol–water partition coefficient (Wildman–Crippen LogP) is 1.96. The van der Waals surface area contributed by atoms with Crippen molar-refractivity contribution in [2.45, 2.75) is 19.6 Å². The molecule has 2 heterocycles. The third kappa shape index (κ3) is 3.83. The van der Waals surface area contributed by atoms with Gasteiger partial charge in [-0.15, -0.1) is 0 Å². The van der Waals surface area contributed by atoms with Gasteiger partial charge in [-0.3, -0.25) is 14.2 Å². The molecule has 2 aromatic carbocycles. The van der Waals surface area contributed by atoms with Crippen molar-refractivity contribution in [3.63, 3.8) is 0 Å². The van der Waals surface area contributed by atoms with Gasteiger partial charge >= 0.3 is 0 Å². The molecule has 0 aliphatic carbocycles. The molecule has 1 amide bonds. The quantitative estimate of drug-likeness (QED) is 0.560. The molecule has 0 radical (unpaired) electrons. The fourth-order valence-corrected chi connectivity index (χ4v) is 3.13. The van der Waals surface area contributed by atoms with E-state index in [1.807, 2.05) is 53.2 Å². The van der Waals surface area contributed by atoms with Crippen LogP contribution in [0.4, 0.5) is 0 Å². The minimum atomic E-state index is -0.297. The van der Waals surface area contributed by atoms with Crippen molar-refractivity contribution < 1.29 is 4.79 Å². The van der Waals surface area contributed by atoms with Gasteiger partial charge in [0.25, 0.3) is 5.56 Å². The summed E-state index contributed by atoms with van der Waals surface area (Å²) in [5.74, 6) is -0.226. The van der Waals surface area contributed by atoms with Gasteiger partial charge in [0.15, 0.2) is 0 Å². The van der Waals surface area contributed by atoms with Gasteiger partial charge in [-0.1, -0.05) is 36.4 Å². The molecule has 4 rings (SSSR count). The number of benzene rings is 2. The summed E-state index contributed by atoms with van der Waals surface area (Å²) < 4.78 is 3.42. The Morgan fingerprint density at radius 2 is 1.82 bits per heavy atom. The van der Waals surface area contributed by atoms with E-state index in [9.17, 15) is 9.59 Å². The van der Waals surface area contributed by atoms with E-state index in [1.54, 1.807) is 18.6 Å². The summed E-state index contributed by atoms with van der Waals surface area (Å²) >= 11 is 0. The number of amides is 1. The lowest BCUT2D eigenvalue weighted by atomic mass is 10.1. The third-order valence-electron chi connectivity index (χ3n) is 4.56. The fraction of sp³-hybridized carbons (Fsp3) is 0.143. The lowest BCUT2D eigenvalue weighted by Crippen LogP contribution is -2.32. The van der Waals surface area contributed by atoms with Crippen LogP contribution in [0, 0.1) is 0 Å². The highest BCUT2D eigenvalue weighted by atomic mass is 16.2. The maximum absolute atomic E-state index is 12.5. The second kappa shape index (κ2) is 7.87. The molecule has 1 N–H and O–H groups in total. The summed E-state index contributed by atoms with van der Waals surface area (Å²) in [5, 5.41) is 2.92. The highest BCUT2D eigenvalue weighted by Crippen LogP contribution is 2.11. The van der Waals surface area contributed by atoms with Crippen molar-refractivity contribution in [1.29, 1.82) is 0 Å². The second-order valence-corrected chi connectivity index (χ2v) is 6.45. The Hall–Kier alpha value is -3.74. The van der Waals surface area contributed by atoms with Crippen LogP contribution in [0.2, 0.25) is 0 Å². The number of imidazole rings is 1. The van der Waals surface area contributed by atoms with Gasteiger partial charge in [-0.2, -0.15) is 0 Å². The number of nitrogens with zero attached hydrogens (tertiary/aromatic N) is 4. The first-order chi connectivity index (χ1) is 13.7. The summed E-state index contributed by atoms with van der Waals surface area (Å²) in [5.41, 5.74) is 3.16. The molecule has 7 nitrogen and oxygen atoms in total. The Balaban J connectivity index is 1.48. The highest BCUT2D eigenvalue weighted by Gasteiger charge is 2.10. The van der Waals surface area contributed by atoms with E-state index < -0.39 is 0 Å². The van der Waals surface area contributed by atoms with Gasteiger partial charge in [-0.05, 0) is 23.3 Å². The van der Waals surface area contributed by atoms with E-state index in [0.717, 1.165) is 11.1 Å². The van der Waals surface area contributed by atoms with Crippen LogP contribution in [0.1, 0.15) is 11.1 Å². The molecule has 4 aromatic rings. The van der Waals surface area contributed by atoms with Crippen LogP contribution in [-0.4, -0.2) is 25.0 Å². The number of nitrogens with one attached hydrogen (secondary N) is 1. The zero-order chi connectivity index (χ0) is 19.3. The van der Waals surface area contributed by atoms with Gasteiger partial charge < -0.3 is 9.88 Å². The SMILES string of the molecule is O=C(Cn1c(=O)cnc2ccccc21)NCc1ccccc1Cn1ccnc1. The Labute approximate surface area is 161 Å². The molecule has 0 atom stereocenters.